The van der Waals surface area contributed by atoms with Crippen LogP contribution >= 0.6 is 0 Å². The van der Waals surface area contributed by atoms with Crippen molar-refractivity contribution in [1.29, 1.82) is 0 Å². The van der Waals surface area contributed by atoms with Gasteiger partial charge >= 0.3 is 0 Å². The summed E-state index contributed by atoms with van der Waals surface area (Å²) in [4.78, 5) is 0. The lowest BCUT2D eigenvalue weighted by Crippen LogP contribution is -2.27. The van der Waals surface area contributed by atoms with E-state index >= 15 is 0 Å². The molecule has 0 heterocycles. The van der Waals surface area contributed by atoms with E-state index < -0.39 is 0 Å². The Morgan fingerprint density at radius 1 is 1.06 bits per heavy atom. The minimum Gasteiger partial charge on any atom is -0.317 e. The third-order valence-corrected chi connectivity index (χ3v) is 4.33. The third kappa shape index (κ3) is 6.45. The van der Waals surface area contributed by atoms with Crippen molar-refractivity contribution >= 4 is 0 Å². The van der Waals surface area contributed by atoms with Crippen LogP contribution in [0.25, 0.3) is 0 Å². The van der Waals surface area contributed by atoms with E-state index in [1.165, 1.54) is 57.9 Å². The van der Waals surface area contributed by atoms with Crippen molar-refractivity contribution in [1.82, 2.24) is 5.32 Å². The molecule has 1 N–H and O–H groups in total. The minimum atomic E-state index is 0.882. The molecule has 0 bridgehead atoms. The number of hydrogen-bond donors (Lipinski definition) is 1. The Labute approximate surface area is 109 Å². The van der Waals surface area contributed by atoms with Crippen LogP contribution in [0.4, 0.5) is 0 Å². The molecule has 0 aromatic rings. The summed E-state index contributed by atoms with van der Waals surface area (Å²) in [6, 6.07) is 0. The van der Waals surface area contributed by atoms with Crippen LogP contribution in [-0.4, -0.2) is 13.1 Å². The first-order valence-electron chi connectivity index (χ1n) is 7.94. The summed E-state index contributed by atoms with van der Waals surface area (Å²) < 4.78 is 0. The molecule has 2 unspecified atom stereocenters. The first-order chi connectivity index (χ1) is 8.24. The summed E-state index contributed by atoms with van der Waals surface area (Å²) in [5, 5.41) is 3.57. The SMILES string of the molecule is CCNCC1CCCCCC1CCCC(C)C. The molecule has 102 valence electrons. The van der Waals surface area contributed by atoms with Crippen LogP contribution in [0, 0.1) is 17.8 Å². The quantitative estimate of drug-likeness (QED) is 0.639. The van der Waals surface area contributed by atoms with E-state index in [0.29, 0.717) is 0 Å². The van der Waals surface area contributed by atoms with Gasteiger partial charge in [0.25, 0.3) is 0 Å². The fourth-order valence-electron chi connectivity index (χ4n) is 3.23. The molecule has 0 radical (unpaired) electrons. The zero-order valence-corrected chi connectivity index (χ0v) is 12.3. The van der Waals surface area contributed by atoms with Crippen molar-refractivity contribution in [3.05, 3.63) is 0 Å². The van der Waals surface area contributed by atoms with Crippen molar-refractivity contribution in [2.45, 2.75) is 72.1 Å². The predicted molar refractivity (Wildman–Crippen MR) is 77.3 cm³/mol. The van der Waals surface area contributed by atoms with Crippen LogP contribution < -0.4 is 5.32 Å². The second-order valence-electron chi connectivity index (χ2n) is 6.29. The van der Waals surface area contributed by atoms with Gasteiger partial charge in [-0.1, -0.05) is 65.7 Å². The highest BCUT2D eigenvalue weighted by atomic mass is 14.8. The molecule has 0 spiro atoms. The standard InChI is InChI=1S/C16H33N/c1-4-17-13-16-11-7-5-6-10-15(16)12-8-9-14(2)3/h14-17H,4-13H2,1-3H3. The molecule has 0 amide bonds. The van der Waals surface area contributed by atoms with E-state index in [2.05, 4.69) is 26.1 Å². The van der Waals surface area contributed by atoms with Crippen molar-refractivity contribution in [3.63, 3.8) is 0 Å². The highest BCUT2D eigenvalue weighted by Crippen LogP contribution is 2.32. The Morgan fingerprint density at radius 2 is 1.76 bits per heavy atom. The van der Waals surface area contributed by atoms with Gasteiger partial charge in [0.15, 0.2) is 0 Å². The van der Waals surface area contributed by atoms with E-state index in [0.717, 1.165) is 24.3 Å². The van der Waals surface area contributed by atoms with Crippen LogP contribution in [0.1, 0.15) is 72.1 Å². The second-order valence-corrected chi connectivity index (χ2v) is 6.29. The lowest BCUT2D eigenvalue weighted by Gasteiger charge is -2.25. The Kier molecular flexibility index (Phi) is 7.92. The van der Waals surface area contributed by atoms with Crippen molar-refractivity contribution in [2.24, 2.45) is 17.8 Å². The Hall–Kier alpha value is -0.0400. The molecule has 1 aliphatic rings. The molecule has 1 heteroatoms. The molecule has 0 aliphatic heterocycles. The van der Waals surface area contributed by atoms with Crippen molar-refractivity contribution in [3.8, 4) is 0 Å². The number of rotatable bonds is 7. The molecule has 1 fully saturated rings. The third-order valence-electron chi connectivity index (χ3n) is 4.33. The fourth-order valence-corrected chi connectivity index (χ4v) is 3.23. The van der Waals surface area contributed by atoms with Crippen LogP contribution in [0.5, 0.6) is 0 Å². The summed E-state index contributed by atoms with van der Waals surface area (Å²) >= 11 is 0. The maximum absolute atomic E-state index is 3.57. The van der Waals surface area contributed by atoms with Gasteiger partial charge in [-0.3, -0.25) is 0 Å². The molecular formula is C16H33N. The molecule has 1 aliphatic carbocycles. The molecule has 1 nitrogen and oxygen atoms in total. The van der Waals surface area contributed by atoms with E-state index in [-0.39, 0.29) is 0 Å². The first kappa shape index (κ1) is 15.0. The molecular weight excluding hydrogens is 206 g/mol. The lowest BCUT2D eigenvalue weighted by atomic mass is 9.83. The fraction of sp³-hybridized carbons (Fsp3) is 1.00. The van der Waals surface area contributed by atoms with E-state index in [9.17, 15) is 0 Å². The van der Waals surface area contributed by atoms with Crippen molar-refractivity contribution < 1.29 is 0 Å². The van der Waals surface area contributed by atoms with Gasteiger partial charge in [0.05, 0.1) is 0 Å². The van der Waals surface area contributed by atoms with Gasteiger partial charge in [-0.2, -0.15) is 0 Å². The summed E-state index contributed by atoms with van der Waals surface area (Å²) in [5.74, 6) is 2.85. The molecule has 2 atom stereocenters. The number of hydrogen-bond acceptors (Lipinski definition) is 1. The van der Waals surface area contributed by atoms with E-state index in [1.807, 2.05) is 0 Å². The van der Waals surface area contributed by atoms with Gasteiger partial charge in [0.1, 0.15) is 0 Å². The molecule has 0 aromatic heterocycles. The Balaban J connectivity index is 2.32. The molecule has 1 saturated carbocycles. The normalized spacial score (nSPS) is 26.1. The van der Waals surface area contributed by atoms with Crippen LogP contribution in [-0.2, 0) is 0 Å². The Bertz CT molecular complexity index is 176. The smallest absolute Gasteiger partial charge is 0.00180 e. The molecule has 0 aromatic carbocycles. The average Bonchev–Trinajstić information content (AvgIpc) is 2.51. The molecule has 17 heavy (non-hydrogen) atoms. The summed E-state index contributed by atoms with van der Waals surface area (Å²) in [6.07, 6.45) is 11.7. The first-order valence-corrected chi connectivity index (χ1v) is 7.94. The van der Waals surface area contributed by atoms with Gasteiger partial charge in [0, 0.05) is 0 Å². The molecule has 0 saturated heterocycles. The average molecular weight is 239 g/mol. The van der Waals surface area contributed by atoms with E-state index in [1.54, 1.807) is 0 Å². The topological polar surface area (TPSA) is 12.0 Å². The zero-order valence-electron chi connectivity index (χ0n) is 12.3. The molecule has 1 rings (SSSR count). The second kappa shape index (κ2) is 8.97. The summed E-state index contributed by atoms with van der Waals surface area (Å²) in [7, 11) is 0. The monoisotopic (exact) mass is 239 g/mol. The number of nitrogens with one attached hydrogen (secondary N) is 1. The Morgan fingerprint density at radius 3 is 2.41 bits per heavy atom. The van der Waals surface area contributed by atoms with Gasteiger partial charge in [0.2, 0.25) is 0 Å². The van der Waals surface area contributed by atoms with Crippen LogP contribution in [0.3, 0.4) is 0 Å². The summed E-state index contributed by atoms with van der Waals surface area (Å²) in [6.45, 7) is 9.33. The maximum Gasteiger partial charge on any atom is -0.00180 e. The van der Waals surface area contributed by atoms with Crippen LogP contribution in [0.15, 0.2) is 0 Å². The van der Waals surface area contributed by atoms with Crippen LogP contribution in [0.2, 0.25) is 0 Å². The zero-order chi connectivity index (χ0) is 12.5. The van der Waals surface area contributed by atoms with Gasteiger partial charge in [-0.05, 0) is 37.3 Å². The lowest BCUT2D eigenvalue weighted by molar-refractivity contribution is 0.274. The van der Waals surface area contributed by atoms with Crippen molar-refractivity contribution in [2.75, 3.05) is 13.1 Å². The summed E-state index contributed by atoms with van der Waals surface area (Å²) in [5.41, 5.74) is 0. The minimum absolute atomic E-state index is 0.882. The predicted octanol–water partition coefficient (Wildman–Crippen LogP) is 4.62. The maximum atomic E-state index is 3.57. The highest BCUT2D eigenvalue weighted by molar-refractivity contribution is 4.76. The van der Waals surface area contributed by atoms with E-state index in [4.69, 9.17) is 0 Å². The van der Waals surface area contributed by atoms with Gasteiger partial charge in [-0.25, -0.2) is 0 Å². The van der Waals surface area contributed by atoms with Gasteiger partial charge < -0.3 is 5.32 Å². The largest absolute Gasteiger partial charge is 0.317 e. The highest BCUT2D eigenvalue weighted by Gasteiger charge is 2.22. The van der Waals surface area contributed by atoms with Gasteiger partial charge in [-0.15, -0.1) is 0 Å².